The molecule has 3 aromatic rings. The van der Waals surface area contributed by atoms with Crippen LogP contribution in [-0.2, 0) is 27.9 Å². The molecule has 1 N–H and O–H groups in total. The number of nitrogens with one attached hydrogen (secondary N) is 1. The summed E-state index contributed by atoms with van der Waals surface area (Å²) < 4.78 is 39.4. The van der Waals surface area contributed by atoms with E-state index in [-0.39, 0.29) is 37.2 Å². The van der Waals surface area contributed by atoms with Gasteiger partial charge in [0, 0.05) is 13.1 Å². The van der Waals surface area contributed by atoms with E-state index in [0.29, 0.717) is 22.6 Å². The molecule has 1 heterocycles. The van der Waals surface area contributed by atoms with Crippen molar-refractivity contribution >= 4 is 15.9 Å². The number of hydrogen-bond acceptors (Lipinski definition) is 5. The van der Waals surface area contributed by atoms with Gasteiger partial charge in [0.1, 0.15) is 0 Å². The van der Waals surface area contributed by atoms with Gasteiger partial charge in [-0.2, -0.15) is 4.31 Å². The average molecular weight is 481 g/mol. The summed E-state index contributed by atoms with van der Waals surface area (Å²) in [5.74, 6) is 0.906. The summed E-state index contributed by atoms with van der Waals surface area (Å²) in [7, 11) is -3.93. The Bertz CT molecular complexity index is 1280. The lowest BCUT2D eigenvalue weighted by atomic mass is 10.1. The smallest absolute Gasteiger partial charge is 0.244 e. The molecule has 7 nitrogen and oxygen atoms in total. The quantitative estimate of drug-likeness (QED) is 0.529. The molecule has 0 spiro atoms. The highest BCUT2D eigenvalue weighted by molar-refractivity contribution is 7.89. The van der Waals surface area contributed by atoms with E-state index in [0.717, 1.165) is 16.7 Å². The molecule has 34 heavy (non-hydrogen) atoms. The Kier molecular flexibility index (Phi) is 6.90. The minimum Gasteiger partial charge on any atom is -0.454 e. The van der Waals surface area contributed by atoms with Crippen LogP contribution in [0.3, 0.4) is 0 Å². The number of benzene rings is 3. The summed E-state index contributed by atoms with van der Waals surface area (Å²) in [6.45, 7) is 5.72. The zero-order valence-corrected chi connectivity index (χ0v) is 20.3. The van der Waals surface area contributed by atoms with Crippen LogP contribution in [0.25, 0.3) is 0 Å². The van der Waals surface area contributed by atoms with Gasteiger partial charge >= 0.3 is 0 Å². The molecule has 1 amide bonds. The minimum absolute atomic E-state index is 0.0906. The van der Waals surface area contributed by atoms with Gasteiger partial charge in [0.15, 0.2) is 11.5 Å². The van der Waals surface area contributed by atoms with E-state index in [2.05, 4.69) is 5.32 Å². The second kappa shape index (κ2) is 9.87. The molecule has 3 aromatic carbocycles. The summed E-state index contributed by atoms with van der Waals surface area (Å²) in [6.07, 6.45) is 0. The van der Waals surface area contributed by atoms with Gasteiger partial charge in [-0.1, -0.05) is 54.1 Å². The van der Waals surface area contributed by atoms with Crippen LogP contribution >= 0.6 is 0 Å². The maximum absolute atomic E-state index is 13.7. The molecule has 0 fully saturated rings. The van der Waals surface area contributed by atoms with Crippen molar-refractivity contribution in [2.24, 2.45) is 0 Å². The molecule has 4 rings (SSSR count). The van der Waals surface area contributed by atoms with Crippen molar-refractivity contribution in [3.05, 3.63) is 88.5 Å². The highest BCUT2D eigenvalue weighted by Gasteiger charge is 2.30. The van der Waals surface area contributed by atoms with E-state index in [9.17, 15) is 13.2 Å². The number of hydrogen-bond donors (Lipinski definition) is 1. The third-order valence-electron chi connectivity index (χ3n) is 5.65. The van der Waals surface area contributed by atoms with Crippen molar-refractivity contribution in [3.8, 4) is 11.5 Å². The lowest BCUT2D eigenvalue weighted by Crippen LogP contribution is -2.40. The fraction of sp³-hybridized carbons (Fsp3) is 0.269. The van der Waals surface area contributed by atoms with Gasteiger partial charge in [-0.05, 0) is 55.2 Å². The SMILES string of the molecule is Cc1cc(C)c(S(=O)(=O)N(CC(=O)NCc2ccc3c(c2)OCO3)Cc2ccccc2)c(C)c1. The van der Waals surface area contributed by atoms with Crippen LogP contribution in [0.4, 0.5) is 0 Å². The van der Waals surface area contributed by atoms with Crippen LogP contribution in [-0.4, -0.2) is 32.0 Å². The zero-order chi connectivity index (χ0) is 24.3. The van der Waals surface area contributed by atoms with Crippen molar-refractivity contribution in [2.45, 2.75) is 38.8 Å². The molecule has 178 valence electrons. The number of fused-ring (bicyclic) bond motifs is 1. The van der Waals surface area contributed by atoms with Crippen LogP contribution in [0.15, 0.2) is 65.6 Å². The summed E-state index contributed by atoms with van der Waals surface area (Å²) in [5.41, 5.74) is 3.95. The molecule has 0 radical (unpaired) electrons. The molecular weight excluding hydrogens is 452 g/mol. The van der Waals surface area contributed by atoms with E-state index in [4.69, 9.17) is 9.47 Å². The van der Waals surface area contributed by atoms with Crippen LogP contribution in [0.1, 0.15) is 27.8 Å². The Labute approximate surface area is 200 Å². The first-order valence-corrected chi connectivity index (χ1v) is 12.4. The third-order valence-corrected chi connectivity index (χ3v) is 7.75. The van der Waals surface area contributed by atoms with Crippen molar-refractivity contribution in [1.82, 2.24) is 9.62 Å². The van der Waals surface area contributed by atoms with E-state index >= 15 is 0 Å². The maximum atomic E-state index is 13.7. The highest BCUT2D eigenvalue weighted by atomic mass is 32.2. The summed E-state index contributed by atoms with van der Waals surface area (Å²) in [4.78, 5) is 13.1. The second-order valence-electron chi connectivity index (χ2n) is 8.45. The molecule has 8 heteroatoms. The molecule has 1 aliphatic rings. The van der Waals surface area contributed by atoms with E-state index in [1.807, 2.05) is 55.5 Å². The van der Waals surface area contributed by atoms with Gasteiger partial charge in [-0.15, -0.1) is 0 Å². The summed E-state index contributed by atoms with van der Waals surface area (Å²) >= 11 is 0. The van der Waals surface area contributed by atoms with Crippen molar-refractivity contribution < 1.29 is 22.7 Å². The van der Waals surface area contributed by atoms with Gasteiger partial charge in [0.25, 0.3) is 0 Å². The fourth-order valence-electron chi connectivity index (χ4n) is 4.18. The van der Waals surface area contributed by atoms with Gasteiger partial charge < -0.3 is 14.8 Å². The van der Waals surface area contributed by atoms with Gasteiger partial charge in [-0.3, -0.25) is 4.79 Å². The zero-order valence-electron chi connectivity index (χ0n) is 19.5. The molecule has 0 saturated heterocycles. The minimum atomic E-state index is -3.93. The van der Waals surface area contributed by atoms with Crippen LogP contribution in [0, 0.1) is 20.8 Å². The Balaban J connectivity index is 1.55. The van der Waals surface area contributed by atoms with Gasteiger partial charge in [-0.25, -0.2) is 8.42 Å². The average Bonchev–Trinajstić information content (AvgIpc) is 3.25. The third kappa shape index (κ3) is 5.24. The molecule has 0 aliphatic carbocycles. The second-order valence-corrected chi connectivity index (χ2v) is 10.3. The number of rotatable bonds is 8. The van der Waals surface area contributed by atoms with Crippen LogP contribution in [0.5, 0.6) is 11.5 Å². The molecule has 0 aromatic heterocycles. The van der Waals surface area contributed by atoms with E-state index in [1.54, 1.807) is 26.0 Å². The van der Waals surface area contributed by atoms with E-state index in [1.165, 1.54) is 4.31 Å². The monoisotopic (exact) mass is 480 g/mol. The molecular formula is C26H28N2O5S. The Morgan fingerprint density at radius 2 is 1.59 bits per heavy atom. The fourth-order valence-corrected chi connectivity index (χ4v) is 5.98. The molecule has 0 bridgehead atoms. The first-order chi connectivity index (χ1) is 16.2. The van der Waals surface area contributed by atoms with Crippen LogP contribution < -0.4 is 14.8 Å². The predicted octanol–water partition coefficient (Wildman–Crippen LogP) is 3.85. The largest absolute Gasteiger partial charge is 0.454 e. The highest BCUT2D eigenvalue weighted by Crippen LogP contribution is 2.32. The number of carbonyl (C=O) groups is 1. The number of carbonyl (C=O) groups excluding carboxylic acids is 1. The van der Waals surface area contributed by atoms with Crippen molar-refractivity contribution in [1.29, 1.82) is 0 Å². The summed E-state index contributed by atoms with van der Waals surface area (Å²) in [6, 6.07) is 18.4. The first kappa shape index (κ1) is 23.8. The Morgan fingerprint density at radius 1 is 0.912 bits per heavy atom. The number of aryl methyl sites for hydroxylation is 3. The number of nitrogens with zero attached hydrogens (tertiary/aromatic N) is 1. The van der Waals surface area contributed by atoms with Gasteiger partial charge in [0.2, 0.25) is 22.7 Å². The Morgan fingerprint density at radius 3 is 2.29 bits per heavy atom. The maximum Gasteiger partial charge on any atom is 0.244 e. The molecule has 0 unspecified atom stereocenters. The summed E-state index contributed by atoms with van der Waals surface area (Å²) in [5, 5.41) is 2.83. The Hall–Kier alpha value is -3.36. The molecule has 0 saturated carbocycles. The topological polar surface area (TPSA) is 84.9 Å². The number of ether oxygens (including phenoxy) is 2. The van der Waals surface area contributed by atoms with Crippen molar-refractivity contribution in [3.63, 3.8) is 0 Å². The number of amides is 1. The predicted molar refractivity (Wildman–Crippen MR) is 129 cm³/mol. The van der Waals surface area contributed by atoms with Gasteiger partial charge in [0.05, 0.1) is 11.4 Å². The number of sulfonamides is 1. The standard InChI is InChI=1S/C26H28N2O5S/c1-18-11-19(2)26(20(3)12-18)34(30,31)28(15-21-7-5-4-6-8-21)16-25(29)27-14-22-9-10-23-24(13-22)33-17-32-23/h4-13H,14-17H2,1-3H3,(H,27,29). The van der Waals surface area contributed by atoms with Crippen LogP contribution in [0.2, 0.25) is 0 Å². The normalized spacial score (nSPS) is 12.7. The van der Waals surface area contributed by atoms with E-state index < -0.39 is 10.0 Å². The first-order valence-electron chi connectivity index (χ1n) is 11.0. The van der Waals surface area contributed by atoms with Crippen molar-refractivity contribution in [2.75, 3.05) is 13.3 Å². The lowest BCUT2D eigenvalue weighted by Gasteiger charge is -2.24. The molecule has 1 aliphatic heterocycles. The molecule has 0 atom stereocenters. The lowest BCUT2D eigenvalue weighted by molar-refractivity contribution is -0.121.